The van der Waals surface area contributed by atoms with Gasteiger partial charge in [0.05, 0.1) is 22.6 Å². The van der Waals surface area contributed by atoms with Gasteiger partial charge in [0.25, 0.3) is 5.56 Å². The van der Waals surface area contributed by atoms with Crippen LogP contribution in [0.15, 0.2) is 9.95 Å². The number of hydrogen-bond donors (Lipinski definition) is 0. The van der Waals surface area contributed by atoms with Gasteiger partial charge < -0.3 is 4.90 Å². The van der Waals surface area contributed by atoms with Crippen LogP contribution in [0.4, 0.5) is 0 Å². The molecule has 3 heterocycles. The Morgan fingerprint density at radius 2 is 1.94 bits per heavy atom. The van der Waals surface area contributed by atoms with Crippen molar-refractivity contribution >= 4 is 49.1 Å². The highest BCUT2D eigenvalue weighted by atomic mass is 32.2. The quantitative estimate of drug-likeness (QED) is 0.468. The first-order valence-electron chi connectivity index (χ1n) is 11.5. The Balaban J connectivity index is 1.44. The number of nitrogens with zero attached hydrogens (tertiary/aromatic N) is 3. The van der Waals surface area contributed by atoms with E-state index in [-0.39, 0.29) is 40.8 Å². The third-order valence-corrected chi connectivity index (χ3v) is 11.0. The molecule has 2 fully saturated rings. The third kappa shape index (κ3) is 4.14. The van der Waals surface area contributed by atoms with Crippen molar-refractivity contribution in [1.82, 2.24) is 14.5 Å². The van der Waals surface area contributed by atoms with Crippen LogP contribution in [0.3, 0.4) is 0 Å². The maximum atomic E-state index is 13.7. The van der Waals surface area contributed by atoms with E-state index in [1.54, 1.807) is 23.3 Å². The Bertz CT molecular complexity index is 1210. The molecule has 5 rings (SSSR count). The molecule has 2 aromatic heterocycles. The summed E-state index contributed by atoms with van der Waals surface area (Å²) in [4.78, 5) is 35.1. The van der Waals surface area contributed by atoms with Crippen LogP contribution in [0, 0.1) is 0 Å². The molecule has 2 aliphatic carbocycles. The molecule has 174 valence electrons. The SMILES string of the molecule is CN(C(=O)CSc1nc2sc3c(c2c(=O)n1C1CCCC1)CCCC3)C1CCS(=O)(=O)C1. The second kappa shape index (κ2) is 8.76. The standard InChI is InChI=1S/C22H29N3O4S3/c1-24(15-10-11-32(28,29)13-15)18(26)12-30-22-23-20-19(16-8-4-5-9-17(16)31-20)21(27)25(22)14-6-2-3-7-14/h14-15H,2-13H2,1H3. The zero-order chi connectivity index (χ0) is 22.5. The molecule has 10 heteroatoms. The molecule has 1 saturated carbocycles. The van der Waals surface area contributed by atoms with Crippen molar-refractivity contribution in [2.24, 2.45) is 0 Å². The Morgan fingerprint density at radius 1 is 1.19 bits per heavy atom. The van der Waals surface area contributed by atoms with Gasteiger partial charge in [0.1, 0.15) is 4.83 Å². The van der Waals surface area contributed by atoms with E-state index in [1.807, 2.05) is 4.57 Å². The maximum Gasteiger partial charge on any atom is 0.263 e. The van der Waals surface area contributed by atoms with Gasteiger partial charge in [-0.05, 0) is 50.5 Å². The normalized spacial score (nSPS) is 23.0. The molecule has 3 aliphatic rings. The van der Waals surface area contributed by atoms with E-state index in [0.29, 0.717) is 11.6 Å². The number of hydrogen-bond acceptors (Lipinski definition) is 7. The molecule has 32 heavy (non-hydrogen) atoms. The maximum absolute atomic E-state index is 13.7. The fourth-order valence-electron chi connectivity index (χ4n) is 5.30. The Kier molecular flexibility index (Phi) is 6.13. The Labute approximate surface area is 196 Å². The van der Waals surface area contributed by atoms with Gasteiger partial charge in [0.15, 0.2) is 15.0 Å². The highest BCUT2D eigenvalue weighted by Gasteiger charge is 2.33. The van der Waals surface area contributed by atoms with Crippen LogP contribution >= 0.6 is 23.1 Å². The summed E-state index contributed by atoms with van der Waals surface area (Å²) in [6.45, 7) is 0. The van der Waals surface area contributed by atoms with E-state index in [2.05, 4.69) is 0 Å². The van der Waals surface area contributed by atoms with E-state index < -0.39 is 9.84 Å². The molecule has 1 aliphatic heterocycles. The second-order valence-electron chi connectivity index (χ2n) is 9.25. The molecule has 0 aromatic carbocycles. The summed E-state index contributed by atoms with van der Waals surface area (Å²) in [5.41, 5.74) is 1.27. The van der Waals surface area contributed by atoms with Crippen LogP contribution in [0.25, 0.3) is 10.2 Å². The van der Waals surface area contributed by atoms with E-state index in [9.17, 15) is 18.0 Å². The van der Waals surface area contributed by atoms with Gasteiger partial charge in [-0.25, -0.2) is 13.4 Å². The lowest BCUT2D eigenvalue weighted by atomic mass is 9.97. The lowest BCUT2D eigenvalue weighted by Gasteiger charge is -2.24. The Morgan fingerprint density at radius 3 is 2.66 bits per heavy atom. The molecule has 2 aromatic rings. The zero-order valence-electron chi connectivity index (χ0n) is 18.3. The van der Waals surface area contributed by atoms with Crippen molar-refractivity contribution in [3.05, 3.63) is 20.8 Å². The summed E-state index contributed by atoms with van der Waals surface area (Å²) in [7, 11) is -1.36. The van der Waals surface area contributed by atoms with Gasteiger partial charge in [0.2, 0.25) is 5.91 Å². The van der Waals surface area contributed by atoms with E-state index in [0.717, 1.165) is 61.6 Å². The van der Waals surface area contributed by atoms with Gasteiger partial charge >= 0.3 is 0 Å². The first-order chi connectivity index (χ1) is 15.3. The van der Waals surface area contributed by atoms with Gasteiger partial charge in [-0.15, -0.1) is 11.3 Å². The number of aromatic nitrogens is 2. The third-order valence-electron chi connectivity index (χ3n) is 7.15. The number of carbonyl (C=O) groups excluding carboxylic acids is 1. The largest absolute Gasteiger partial charge is 0.341 e. The van der Waals surface area contributed by atoms with E-state index >= 15 is 0 Å². The minimum atomic E-state index is -3.05. The van der Waals surface area contributed by atoms with Gasteiger partial charge in [-0.3, -0.25) is 14.2 Å². The average Bonchev–Trinajstić information content (AvgIpc) is 3.49. The fourth-order valence-corrected chi connectivity index (χ4v) is 9.36. The monoisotopic (exact) mass is 495 g/mol. The topological polar surface area (TPSA) is 89.3 Å². The molecule has 0 bridgehead atoms. The Hall–Kier alpha value is -1.39. The predicted octanol–water partition coefficient (Wildman–Crippen LogP) is 3.19. The molecular formula is C22H29N3O4S3. The van der Waals surface area contributed by atoms with Crippen LogP contribution in [-0.4, -0.2) is 59.1 Å². The van der Waals surface area contributed by atoms with Gasteiger partial charge in [0, 0.05) is 24.0 Å². The first kappa shape index (κ1) is 22.4. The number of rotatable bonds is 5. The summed E-state index contributed by atoms with van der Waals surface area (Å²) in [5.74, 6) is 0.223. The molecule has 0 radical (unpaired) electrons. The molecular weight excluding hydrogens is 466 g/mol. The molecule has 7 nitrogen and oxygen atoms in total. The van der Waals surface area contributed by atoms with Crippen LogP contribution in [0.2, 0.25) is 0 Å². The molecule has 1 saturated heterocycles. The molecule has 1 unspecified atom stereocenters. The number of carbonyl (C=O) groups is 1. The molecule has 1 atom stereocenters. The van der Waals surface area contributed by atoms with E-state index in [4.69, 9.17) is 4.98 Å². The minimum Gasteiger partial charge on any atom is -0.341 e. The lowest BCUT2D eigenvalue weighted by molar-refractivity contribution is -0.128. The first-order valence-corrected chi connectivity index (χ1v) is 15.1. The van der Waals surface area contributed by atoms with Gasteiger partial charge in [-0.2, -0.15) is 0 Å². The average molecular weight is 496 g/mol. The minimum absolute atomic E-state index is 0.0393. The van der Waals surface area contributed by atoms with Crippen LogP contribution in [0.5, 0.6) is 0 Å². The number of aryl methyl sites for hydroxylation is 2. The zero-order valence-corrected chi connectivity index (χ0v) is 20.8. The van der Waals surface area contributed by atoms with Crippen molar-refractivity contribution in [3.63, 3.8) is 0 Å². The predicted molar refractivity (Wildman–Crippen MR) is 129 cm³/mol. The fraction of sp³-hybridized carbons (Fsp3) is 0.682. The summed E-state index contributed by atoms with van der Waals surface area (Å²) in [6, 6.07) is -0.113. The smallest absolute Gasteiger partial charge is 0.263 e. The number of sulfone groups is 1. The highest BCUT2D eigenvalue weighted by molar-refractivity contribution is 7.99. The van der Waals surface area contributed by atoms with Crippen molar-refractivity contribution in [2.45, 2.75) is 75.0 Å². The van der Waals surface area contributed by atoms with Crippen LogP contribution < -0.4 is 5.56 Å². The lowest BCUT2D eigenvalue weighted by Crippen LogP contribution is -2.39. The number of thioether (sulfide) groups is 1. The van der Waals surface area contributed by atoms with Gasteiger partial charge in [-0.1, -0.05) is 24.6 Å². The summed E-state index contributed by atoms with van der Waals surface area (Å²) < 4.78 is 25.5. The van der Waals surface area contributed by atoms with Crippen LogP contribution in [0.1, 0.15) is 61.4 Å². The summed E-state index contributed by atoms with van der Waals surface area (Å²) in [6.07, 6.45) is 8.92. The van der Waals surface area contributed by atoms with Crippen molar-refractivity contribution in [3.8, 4) is 0 Å². The van der Waals surface area contributed by atoms with Crippen molar-refractivity contribution in [1.29, 1.82) is 0 Å². The van der Waals surface area contributed by atoms with Crippen molar-refractivity contribution < 1.29 is 13.2 Å². The number of thiophene rings is 1. The van der Waals surface area contributed by atoms with Crippen molar-refractivity contribution in [2.75, 3.05) is 24.3 Å². The molecule has 0 spiro atoms. The number of amides is 1. The van der Waals surface area contributed by atoms with E-state index in [1.165, 1.54) is 22.2 Å². The summed E-state index contributed by atoms with van der Waals surface area (Å²) in [5, 5.41) is 1.44. The highest BCUT2D eigenvalue weighted by Crippen LogP contribution is 2.37. The van der Waals surface area contributed by atoms with Crippen LogP contribution in [-0.2, 0) is 27.5 Å². The molecule has 1 amide bonds. The molecule has 0 N–H and O–H groups in total. The number of fused-ring (bicyclic) bond motifs is 3. The summed E-state index contributed by atoms with van der Waals surface area (Å²) >= 11 is 2.96. The second-order valence-corrected chi connectivity index (χ2v) is 13.5.